The highest BCUT2D eigenvalue weighted by atomic mass is 19.1. The number of nitrogens with zero attached hydrogens (tertiary/aromatic N) is 1. The van der Waals surface area contributed by atoms with Crippen LogP contribution in [0.25, 0.3) is 0 Å². The Morgan fingerprint density at radius 2 is 2.12 bits per heavy atom. The molecule has 1 heterocycles. The van der Waals surface area contributed by atoms with E-state index in [1.807, 2.05) is 0 Å². The number of rotatable bonds is 3. The molecule has 0 spiro atoms. The molecular weight excluding hydrogens is 209 g/mol. The van der Waals surface area contributed by atoms with E-state index >= 15 is 0 Å². The molecular formula is C12H14FNO2. The lowest BCUT2D eigenvalue weighted by molar-refractivity contribution is 0.00596. The SMILES string of the molecule is COC1(C(=O)c2cncc(F)c2)CCCC1. The van der Waals surface area contributed by atoms with Crippen LogP contribution in [-0.2, 0) is 4.74 Å². The molecule has 0 aromatic carbocycles. The lowest BCUT2D eigenvalue weighted by Gasteiger charge is -2.25. The number of ketones is 1. The van der Waals surface area contributed by atoms with Gasteiger partial charge in [-0.1, -0.05) is 0 Å². The zero-order valence-electron chi connectivity index (χ0n) is 9.20. The largest absolute Gasteiger partial charge is 0.370 e. The number of methoxy groups -OCH3 is 1. The van der Waals surface area contributed by atoms with E-state index < -0.39 is 11.4 Å². The van der Waals surface area contributed by atoms with E-state index in [1.165, 1.54) is 19.4 Å². The third-order valence-electron chi connectivity index (χ3n) is 3.18. The number of hydrogen-bond acceptors (Lipinski definition) is 3. The van der Waals surface area contributed by atoms with Crippen molar-refractivity contribution in [2.24, 2.45) is 0 Å². The van der Waals surface area contributed by atoms with Gasteiger partial charge in [-0.25, -0.2) is 4.39 Å². The lowest BCUT2D eigenvalue weighted by atomic mass is 9.92. The highest BCUT2D eigenvalue weighted by Gasteiger charge is 2.41. The van der Waals surface area contributed by atoms with Crippen molar-refractivity contribution in [1.29, 1.82) is 0 Å². The Morgan fingerprint density at radius 1 is 1.44 bits per heavy atom. The van der Waals surface area contributed by atoms with Crippen LogP contribution in [0.4, 0.5) is 4.39 Å². The van der Waals surface area contributed by atoms with E-state index in [1.54, 1.807) is 0 Å². The summed E-state index contributed by atoms with van der Waals surface area (Å²) in [6.45, 7) is 0. The fourth-order valence-electron chi connectivity index (χ4n) is 2.27. The average Bonchev–Trinajstić information content (AvgIpc) is 2.78. The van der Waals surface area contributed by atoms with Crippen LogP contribution in [0.5, 0.6) is 0 Å². The second kappa shape index (κ2) is 4.29. The van der Waals surface area contributed by atoms with Crippen LogP contribution in [0.3, 0.4) is 0 Å². The summed E-state index contributed by atoms with van der Waals surface area (Å²) >= 11 is 0. The van der Waals surface area contributed by atoms with Crippen LogP contribution in [0, 0.1) is 5.82 Å². The molecule has 0 atom stereocenters. The smallest absolute Gasteiger partial charge is 0.196 e. The number of hydrogen-bond donors (Lipinski definition) is 0. The highest BCUT2D eigenvalue weighted by Crippen LogP contribution is 2.35. The van der Waals surface area contributed by atoms with E-state index in [-0.39, 0.29) is 5.78 Å². The molecule has 0 N–H and O–H groups in total. The summed E-state index contributed by atoms with van der Waals surface area (Å²) in [4.78, 5) is 15.9. The molecule has 3 nitrogen and oxygen atoms in total. The molecule has 0 amide bonds. The van der Waals surface area contributed by atoms with Gasteiger partial charge in [0.05, 0.1) is 6.20 Å². The maximum absolute atomic E-state index is 13.0. The highest BCUT2D eigenvalue weighted by molar-refractivity contribution is 6.02. The average molecular weight is 223 g/mol. The molecule has 0 saturated heterocycles. The Morgan fingerprint density at radius 3 is 2.69 bits per heavy atom. The molecule has 1 aliphatic carbocycles. The van der Waals surface area contributed by atoms with Crippen LogP contribution in [0.1, 0.15) is 36.0 Å². The van der Waals surface area contributed by atoms with Crippen molar-refractivity contribution in [3.8, 4) is 0 Å². The van der Waals surface area contributed by atoms with Gasteiger partial charge < -0.3 is 4.74 Å². The quantitative estimate of drug-likeness (QED) is 0.738. The zero-order valence-corrected chi connectivity index (χ0v) is 9.20. The van der Waals surface area contributed by atoms with Crippen LogP contribution < -0.4 is 0 Å². The number of carbonyl (C=O) groups is 1. The molecule has 86 valence electrons. The van der Waals surface area contributed by atoms with Crippen molar-refractivity contribution >= 4 is 5.78 Å². The standard InChI is InChI=1S/C12H14FNO2/c1-16-12(4-2-3-5-12)11(15)9-6-10(13)8-14-7-9/h6-8H,2-5H2,1H3. The van der Waals surface area contributed by atoms with Crippen LogP contribution in [0.15, 0.2) is 18.5 Å². The minimum absolute atomic E-state index is 0.153. The summed E-state index contributed by atoms with van der Waals surface area (Å²) in [6.07, 6.45) is 5.84. The first-order valence-electron chi connectivity index (χ1n) is 5.38. The molecule has 4 heteroatoms. The monoisotopic (exact) mass is 223 g/mol. The molecule has 1 aromatic rings. The van der Waals surface area contributed by atoms with Crippen molar-refractivity contribution in [1.82, 2.24) is 4.98 Å². The number of ether oxygens (including phenoxy) is 1. The van der Waals surface area contributed by atoms with Gasteiger partial charge in [-0.3, -0.25) is 9.78 Å². The van der Waals surface area contributed by atoms with Gasteiger partial charge >= 0.3 is 0 Å². The molecule has 1 aliphatic rings. The van der Waals surface area contributed by atoms with E-state index in [4.69, 9.17) is 4.74 Å². The maximum Gasteiger partial charge on any atom is 0.196 e. The topological polar surface area (TPSA) is 39.2 Å². The summed E-state index contributed by atoms with van der Waals surface area (Å²) in [5.41, 5.74) is -0.459. The van der Waals surface area contributed by atoms with Gasteiger partial charge in [0.25, 0.3) is 0 Å². The van der Waals surface area contributed by atoms with Crippen LogP contribution >= 0.6 is 0 Å². The zero-order chi connectivity index (χ0) is 11.6. The van der Waals surface area contributed by atoms with Crippen LogP contribution in [0.2, 0.25) is 0 Å². The molecule has 0 bridgehead atoms. The maximum atomic E-state index is 13.0. The number of aromatic nitrogens is 1. The minimum atomic E-state index is -0.754. The molecule has 2 rings (SSSR count). The Hall–Kier alpha value is -1.29. The molecule has 1 fully saturated rings. The number of carbonyl (C=O) groups excluding carboxylic acids is 1. The first-order chi connectivity index (χ1) is 7.68. The predicted octanol–water partition coefficient (Wildman–Crippen LogP) is 2.36. The van der Waals surface area contributed by atoms with E-state index in [9.17, 15) is 9.18 Å². The molecule has 0 radical (unpaired) electrons. The number of Topliss-reactive ketones (excluding diaryl/α,β-unsaturated/α-hetero) is 1. The predicted molar refractivity (Wildman–Crippen MR) is 56.7 cm³/mol. The van der Waals surface area contributed by atoms with Crippen molar-refractivity contribution in [3.05, 3.63) is 29.8 Å². The molecule has 0 unspecified atom stereocenters. The van der Waals surface area contributed by atoms with E-state index in [0.29, 0.717) is 18.4 Å². The van der Waals surface area contributed by atoms with Crippen molar-refractivity contribution in [2.75, 3.05) is 7.11 Å². The minimum Gasteiger partial charge on any atom is -0.370 e. The fraction of sp³-hybridized carbons (Fsp3) is 0.500. The van der Waals surface area contributed by atoms with E-state index in [0.717, 1.165) is 19.0 Å². The summed E-state index contributed by atoms with van der Waals surface area (Å²) in [5, 5.41) is 0. The fourth-order valence-corrected chi connectivity index (χ4v) is 2.27. The summed E-state index contributed by atoms with van der Waals surface area (Å²) in [7, 11) is 1.54. The van der Waals surface area contributed by atoms with Gasteiger partial charge in [0.2, 0.25) is 0 Å². The Balaban J connectivity index is 2.30. The Bertz CT molecular complexity index is 400. The van der Waals surface area contributed by atoms with Gasteiger partial charge in [0, 0.05) is 18.9 Å². The first-order valence-corrected chi connectivity index (χ1v) is 5.38. The molecule has 0 aliphatic heterocycles. The summed E-state index contributed by atoms with van der Waals surface area (Å²) < 4.78 is 18.3. The van der Waals surface area contributed by atoms with Crippen molar-refractivity contribution in [3.63, 3.8) is 0 Å². The number of pyridine rings is 1. The van der Waals surface area contributed by atoms with Gasteiger partial charge in [0.1, 0.15) is 11.4 Å². The third kappa shape index (κ3) is 1.85. The van der Waals surface area contributed by atoms with Gasteiger partial charge in [0.15, 0.2) is 5.78 Å². The summed E-state index contributed by atoms with van der Waals surface area (Å²) in [6, 6.07) is 1.22. The van der Waals surface area contributed by atoms with Gasteiger partial charge in [-0.2, -0.15) is 0 Å². The van der Waals surface area contributed by atoms with Crippen molar-refractivity contribution < 1.29 is 13.9 Å². The Labute approximate surface area is 93.6 Å². The Kier molecular flexibility index (Phi) is 3.01. The molecule has 16 heavy (non-hydrogen) atoms. The van der Waals surface area contributed by atoms with Crippen LogP contribution in [-0.4, -0.2) is 23.5 Å². The van der Waals surface area contributed by atoms with Gasteiger partial charge in [-0.15, -0.1) is 0 Å². The first kappa shape index (κ1) is 11.2. The lowest BCUT2D eigenvalue weighted by Crippen LogP contribution is -2.37. The second-order valence-electron chi connectivity index (χ2n) is 4.13. The normalized spacial score (nSPS) is 18.6. The van der Waals surface area contributed by atoms with E-state index in [2.05, 4.69) is 4.98 Å². The number of halogens is 1. The van der Waals surface area contributed by atoms with Gasteiger partial charge in [-0.05, 0) is 31.7 Å². The second-order valence-corrected chi connectivity index (χ2v) is 4.13. The molecule has 1 aromatic heterocycles. The van der Waals surface area contributed by atoms with Crippen molar-refractivity contribution in [2.45, 2.75) is 31.3 Å². The molecule has 1 saturated carbocycles. The summed E-state index contributed by atoms with van der Waals surface area (Å²) in [5.74, 6) is -0.644. The third-order valence-corrected chi connectivity index (χ3v) is 3.18.